The number of nitrogens with one attached hydrogen (secondary N) is 2. The van der Waals surface area contributed by atoms with Crippen LogP contribution >= 0.6 is 0 Å². The Bertz CT molecular complexity index is 1010. The summed E-state index contributed by atoms with van der Waals surface area (Å²) in [6.07, 6.45) is 24.5. The molecule has 0 radical (unpaired) electrons. The first-order chi connectivity index (χ1) is 19.2. The molecule has 4 unspecified atom stereocenters. The third-order valence-corrected chi connectivity index (χ3v) is 16.1. The smallest absolute Gasteiger partial charge is 0.226 e. The molecule has 2 amide bonds. The predicted octanol–water partition coefficient (Wildman–Crippen LogP) is 7.02. The first-order valence-electron chi connectivity index (χ1n) is 17.7. The maximum atomic E-state index is 13.8. The van der Waals surface area contributed by atoms with Crippen LogP contribution in [0.1, 0.15) is 129 Å². The summed E-state index contributed by atoms with van der Waals surface area (Å²) in [4.78, 5) is 27.5. The molecule has 0 aromatic heterocycles. The van der Waals surface area contributed by atoms with Crippen molar-refractivity contribution in [2.45, 2.75) is 129 Å². The van der Waals surface area contributed by atoms with E-state index in [4.69, 9.17) is 0 Å². The Balaban J connectivity index is 1.12. The van der Waals surface area contributed by atoms with Crippen LogP contribution in [0.3, 0.4) is 0 Å². The highest BCUT2D eigenvalue weighted by atomic mass is 16.2. The number of carbonyl (C=O) groups is 2. The average Bonchev–Trinajstić information content (AvgIpc) is 2.87. The van der Waals surface area contributed by atoms with Gasteiger partial charge in [0, 0.05) is 13.1 Å². The molecule has 0 saturated heterocycles. The fourth-order valence-corrected chi connectivity index (χ4v) is 16.5. The van der Waals surface area contributed by atoms with Crippen LogP contribution in [0.4, 0.5) is 0 Å². The Morgan fingerprint density at radius 1 is 0.475 bits per heavy atom. The van der Waals surface area contributed by atoms with Crippen molar-refractivity contribution in [1.82, 2.24) is 10.6 Å². The molecule has 12 rings (SSSR count). The summed E-state index contributed by atoms with van der Waals surface area (Å²) >= 11 is 0. The molecule has 40 heavy (non-hydrogen) atoms. The molecular weight excluding hydrogens is 492 g/mol. The van der Waals surface area contributed by atoms with E-state index in [9.17, 15) is 9.59 Å². The Labute approximate surface area is 242 Å². The zero-order valence-corrected chi connectivity index (χ0v) is 25.4. The Kier molecular flexibility index (Phi) is 5.03. The van der Waals surface area contributed by atoms with E-state index < -0.39 is 0 Å². The number of rotatable bonds is 6. The van der Waals surface area contributed by atoms with Gasteiger partial charge < -0.3 is 10.6 Å². The minimum Gasteiger partial charge on any atom is -0.356 e. The van der Waals surface area contributed by atoms with Gasteiger partial charge in [-0.05, 0) is 187 Å². The highest BCUT2D eigenvalue weighted by Gasteiger charge is 2.75. The van der Waals surface area contributed by atoms with Crippen molar-refractivity contribution in [2.75, 3.05) is 13.1 Å². The number of amides is 2. The SMILES string of the molecule is CCNC(=O)C12CC3CC(C1)CC(C14CC5CC(C1)CC(C16CC7CC(CC(C(=O)NCC)(C7)C1)C6)(C5)C4)(C3)C2. The molecule has 12 saturated carbocycles. The highest BCUT2D eigenvalue weighted by Crippen LogP contribution is 2.83. The van der Waals surface area contributed by atoms with Gasteiger partial charge in [0.25, 0.3) is 0 Å². The Morgan fingerprint density at radius 3 is 1.05 bits per heavy atom. The van der Waals surface area contributed by atoms with E-state index in [1.54, 1.807) is 0 Å². The molecule has 12 bridgehead atoms. The number of carbonyl (C=O) groups excluding carboxylic acids is 2. The molecule has 12 aliphatic carbocycles. The quantitative estimate of drug-likeness (QED) is 0.376. The summed E-state index contributed by atoms with van der Waals surface area (Å²) in [7, 11) is 0. The lowest BCUT2D eigenvalue weighted by atomic mass is 9.27. The van der Waals surface area contributed by atoms with Crippen molar-refractivity contribution in [3.05, 3.63) is 0 Å². The normalized spacial score (nSPS) is 58.0. The van der Waals surface area contributed by atoms with Gasteiger partial charge in [0.2, 0.25) is 11.8 Å². The molecule has 12 fully saturated rings. The van der Waals surface area contributed by atoms with Gasteiger partial charge in [-0.1, -0.05) is 0 Å². The van der Waals surface area contributed by atoms with Crippen molar-refractivity contribution in [1.29, 1.82) is 0 Å². The molecule has 0 aromatic rings. The van der Waals surface area contributed by atoms with Crippen molar-refractivity contribution in [2.24, 2.45) is 68.0 Å². The lowest BCUT2D eigenvalue weighted by Gasteiger charge is -2.78. The van der Waals surface area contributed by atoms with Gasteiger partial charge in [-0.2, -0.15) is 0 Å². The summed E-state index contributed by atoms with van der Waals surface area (Å²) in [5, 5.41) is 6.68. The van der Waals surface area contributed by atoms with Gasteiger partial charge >= 0.3 is 0 Å². The van der Waals surface area contributed by atoms with Crippen LogP contribution in [-0.2, 0) is 9.59 Å². The lowest BCUT2D eigenvalue weighted by Crippen LogP contribution is -2.70. The lowest BCUT2D eigenvalue weighted by molar-refractivity contribution is -0.279. The summed E-state index contributed by atoms with van der Waals surface area (Å²) in [5.74, 6) is 5.78. The second kappa shape index (κ2) is 7.90. The Hall–Kier alpha value is -1.06. The second-order valence-electron chi connectivity index (χ2n) is 18.3. The van der Waals surface area contributed by atoms with Crippen LogP contribution in [-0.4, -0.2) is 24.9 Å². The van der Waals surface area contributed by atoms with Gasteiger partial charge in [0.1, 0.15) is 0 Å². The maximum Gasteiger partial charge on any atom is 0.226 e. The van der Waals surface area contributed by atoms with Crippen LogP contribution in [0.2, 0.25) is 0 Å². The zero-order valence-electron chi connectivity index (χ0n) is 25.4. The van der Waals surface area contributed by atoms with Gasteiger partial charge in [0.15, 0.2) is 0 Å². The van der Waals surface area contributed by atoms with Crippen molar-refractivity contribution >= 4 is 11.8 Å². The van der Waals surface area contributed by atoms with E-state index in [0.29, 0.717) is 33.5 Å². The monoisotopic (exact) mass is 546 g/mol. The number of hydrogen-bond donors (Lipinski definition) is 2. The van der Waals surface area contributed by atoms with Gasteiger partial charge in [-0.15, -0.1) is 0 Å². The topological polar surface area (TPSA) is 58.2 Å². The van der Waals surface area contributed by atoms with Crippen molar-refractivity contribution in [3.8, 4) is 0 Å². The van der Waals surface area contributed by atoms with E-state index in [0.717, 1.165) is 48.6 Å². The van der Waals surface area contributed by atoms with E-state index in [1.807, 2.05) is 0 Å². The molecule has 0 aromatic carbocycles. The molecule has 0 spiro atoms. The second-order valence-corrected chi connectivity index (χ2v) is 18.3. The van der Waals surface area contributed by atoms with Crippen LogP contribution in [0, 0.1) is 68.0 Å². The predicted molar refractivity (Wildman–Crippen MR) is 156 cm³/mol. The van der Waals surface area contributed by atoms with E-state index in [1.165, 1.54) is 116 Å². The van der Waals surface area contributed by atoms with Crippen molar-refractivity contribution < 1.29 is 9.59 Å². The largest absolute Gasteiger partial charge is 0.356 e. The first kappa shape index (κ1) is 25.4. The van der Waals surface area contributed by atoms with E-state index in [2.05, 4.69) is 24.5 Å². The molecule has 4 nitrogen and oxygen atoms in total. The van der Waals surface area contributed by atoms with Gasteiger partial charge in [-0.3, -0.25) is 9.59 Å². The molecule has 12 aliphatic rings. The van der Waals surface area contributed by atoms with Crippen LogP contribution in [0.5, 0.6) is 0 Å². The summed E-state index contributed by atoms with van der Waals surface area (Å²) in [6, 6.07) is 0. The Morgan fingerprint density at radius 2 is 0.750 bits per heavy atom. The van der Waals surface area contributed by atoms with Crippen molar-refractivity contribution in [3.63, 3.8) is 0 Å². The van der Waals surface area contributed by atoms with Crippen LogP contribution in [0.25, 0.3) is 0 Å². The zero-order chi connectivity index (χ0) is 27.2. The molecule has 2 N–H and O–H groups in total. The van der Waals surface area contributed by atoms with Gasteiger partial charge in [-0.25, -0.2) is 0 Å². The standard InChI is InChI=1S/C36H54N2O2/c1-3-37-29(39)31-8-23-5-24(9-31)13-33(12-23,20-31)35-16-27-7-28(17-35)19-36(18-27,22-35)34-14-25-6-26(15-34)11-32(10-25,21-34)30(40)38-4-2/h23-28H,3-22H2,1-2H3,(H,37,39)(H,38,40). The first-order valence-corrected chi connectivity index (χ1v) is 17.7. The molecule has 0 heterocycles. The molecular formula is C36H54N2O2. The van der Waals surface area contributed by atoms with E-state index >= 15 is 0 Å². The summed E-state index contributed by atoms with van der Waals surface area (Å²) in [6.45, 7) is 5.77. The maximum absolute atomic E-state index is 13.8. The average molecular weight is 547 g/mol. The molecule has 220 valence electrons. The summed E-state index contributed by atoms with van der Waals surface area (Å²) < 4.78 is 0. The molecule has 0 aliphatic heterocycles. The van der Waals surface area contributed by atoms with E-state index in [-0.39, 0.29) is 10.8 Å². The summed E-state index contributed by atoms with van der Waals surface area (Å²) in [5.41, 5.74) is 1.61. The third-order valence-electron chi connectivity index (χ3n) is 16.1. The minimum absolute atomic E-state index is 0.0699. The fourth-order valence-electron chi connectivity index (χ4n) is 16.5. The van der Waals surface area contributed by atoms with Crippen LogP contribution < -0.4 is 10.6 Å². The highest BCUT2D eigenvalue weighted by molar-refractivity contribution is 5.84. The van der Waals surface area contributed by atoms with Gasteiger partial charge in [0.05, 0.1) is 10.8 Å². The molecule has 4 heteroatoms. The fraction of sp³-hybridized carbons (Fsp3) is 0.944. The van der Waals surface area contributed by atoms with Crippen LogP contribution in [0.15, 0.2) is 0 Å². The third kappa shape index (κ3) is 3.06. The number of hydrogen-bond acceptors (Lipinski definition) is 2. The minimum atomic E-state index is -0.0699. The molecule has 4 atom stereocenters.